The molecular formula is C18H12ClN3O4. The van der Waals surface area contributed by atoms with Crippen molar-refractivity contribution in [3.8, 4) is 11.3 Å². The third-order valence-corrected chi connectivity index (χ3v) is 3.71. The Balaban J connectivity index is 1.75. The number of aromatic nitrogens is 1. The standard InChI is InChI=1S/C18H12ClN3O4/c19-18-14(5-3-11-20-18)21-17(23)10-8-12-7-9-16(26-12)13-4-1-2-6-15(13)22(24)25/h1-11H,(H,21,23). The number of nitrogens with one attached hydrogen (secondary N) is 1. The summed E-state index contributed by atoms with van der Waals surface area (Å²) in [4.78, 5) is 26.4. The second-order valence-corrected chi connectivity index (χ2v) is 5.50. The van der Waals surface area contributed by atoms with Crippen LogP contribution >= 0.6 is 11.6 Å². The van der Waals surface area contributed by atoms with Crippen molar-refractivity contribution in [3.63, 3.8) is 0 Å². The van der Waals surface area contributed by atoms with E-state index in [1.807, 2.05) is 0 Å². The Labute approximate surface area is 153 Å². The Morgan fingerprint density at radius 2 is 2.00 bits per heavy atom. The Morgan fingerprint density at radius 3 is 2.77 bits per heavy atom. The van der Waals surface area contributed by atoms with Gasteiger partial charge in [-0.15, -0.1) is 0 Å². The summed E-state index contributed by atoms with van der Waals surface area (Å²) in [6, 6.07) is 12.8. The van der Waals surface area contributed by atoms with Crippen LogP contribution in [0.15, 0.2) is 65.2 Å². The summed E-state index contributed by atoms with van der Waals surface area (Å²) in [5.74, 6) is 0.307. The number of hydrogen-bond donors (Lipinski definition) is 1. The number of benzene rings is 1. The predicted molar refractivity (Wildman–Crippen MR) is 97.7 cm³/mol. The number of hydrogen-bond acceptors (Lipinski definition) is 5. The molecule has 1 amide bonds. The van der Waals surface area contributed by atoms with Gasteiger partial charge in [-0.3, -0.25) is 14.9 Å². The van der Waals surface area contributed by atoms with Crippen LogP contribution in [0.25, 0.3) is 17.4 Å². The lowest BCUT2D eigenvalue weighted by molar-refractivity contribution is -0.384. The van der Waals surface area contributed by atoms with Crippen LogP contribution in [0, 0.1) is 10.1 Å². The molecular weight excluding hydrogens is 358 g/mol. The summed E-state index contributed by atoms with van der Waals surface area (Å²) >= 11 is 5.87. The largest absolute Gasteiger partial charge is 0.456 e. The molecule has 0 aliphatic heterocycles. The highest BCUT2D eigenvalue weighted by molar-refractivity contribution is 6.32. The minimum Gasteiger partial charge on any atom is -0.456 e. The molecule has 0 saturated heterocycles. The molecule has 7 nitrogen and oxygen atoms in total. The smallest absolute Gasteiger partial charge is 0.280 e. The monoisotopic (exact) mass is 369 g/mol. The van der Waals surface area contributed by atoms with Crippen molar-refractivity contribution >= 4 is 35.0 Å². The average molecular weight is 370 g/mol. The lowest BCUT2D eigenvalue weighted by atomic mass is 10.1. The SMILES string of the molecule is O=C(C=Cc1ccc(-c2ccccc2[N+](=O)[O-])o1)Nc1cccnc1Cl. The van der Waals surface area contributed by atoms with Crippen LogP contribution in [0.2, 0.25) is 5.15 Å². The van der Waals surface area contributed by atoms with E-state index in [1.165, 1.54) is 24.4 Å². The summed E-state index contributed by atoms with van der Waals surface area (Å²) in [6.45, 7) is 0. The van der Waals surface area contributed by atoms with Crippen LogP contribution in [-0.4, -0.2) is 15.8 Å². The molecule has 0 saturated carbocycles. The number of carbonyl (C=O) groups is 1. The van der Waals surface area contributed by atoms with E-state index in [9.17, 15) is 14.9 Å². The number of nitro groups is 1. The van der Waals surface area contributed by atoms with Crippen molar-refractivity contribution in [2.75, 3.05) is 5.32 Å². The average Bonchev–Trinajstić information content (AvgIpc) is 3.11. The number of furan rings is 1. The van der Waals surface area contributed by atoms with Gasteiger partial charge in [0.15, 0.2) is 5.15 Å². The van der Waals surface area contributed by atoms with Crippen molar-refractivity contribution in [3.05, 3.63) is 81.8 Å². The predicted octanol–water partition coefficient (Wildman–Crippen LogP) is 4.56. The van der Waals surface area contributed by atoms with Crippen molar-refractivity contribution < 1.29 is 14.1 Å². The summed E-state index contributed by atoms with van der Waals surface area (Å²) in [7, 11) is 0. The van der Waals surface area contributed by atoms with Crippen LogP contribution in [0.5, 0.6) is 0 Å². The van der Waals surface area contributed by atoms with E-state index in [2.05, 4.69) is 10.3 Å². The highest BCUT2D eigenvalue weighted by Crippen LogP contribution is 2.31. The fourth-order valence-electron chi connectivity index (χ4n) is 2.24. The van der Waals surface area contributed by atoms with E-state index in [0.717, 1.165) is 0 Å². The molecule has 0 aliphatic carbocycles. The van der Waals surface area contributed by atoms with Crippen LogP contribution in [-0.2, 0) is 4.79 Å². The summed E-state index contributed by atoms with van der Waals surface area (Å²) in [5, 5.41) is 13.9. The molecule has 1 aromatic carbocycles. The lowest BCUT2D eigenvalue weighted by Gasteiger charge is -2.02. The molecule has 0 aliphatic rings. The van der Waals surface area contributed by atoms with E-state index in [0.29, 0.717) is 22.8 Å². The second-order valence-electron chi connectivity index (χ2n) is 5.14. The second kappa shape index (κ2) is 7.62. The molecule has 0 radical (unpaired) electrons. The Hall–Kier alpha value is -3.45. The quantitative estimate of drug-likeness (QED) is 0.308. The van der Waals surface area contributed by atoms with E-state index >= 15 is 0 Å². The minimum absolute atomic E-state index is 0.0543. The summed E-state index contributed by atoms with van der Waals surface area (Å²) in [5.41, 5.74) is 0.703. The molecule has 26 heavy (non-hydrogen) atoms. The molecule has 0 unspecified atom stereocenters. The van der Waals surface area contributed by atoms with Crippen molar-refractivity contribution in [2.24, 2.45) is 0 Å². The highest BCUT2D eigenvalue weighted by Gasteiger charge is 2.16. The molecule has 2 aromatic heterocycles. The maximum atomic E-state index is 11.9. The van der Waals surface area contributed by atoms with Gasteiger partial charge in [0.05, 0.1) is 16.2 Å². The molecule has 0 atom stereocenters. The first-order valence-corrected chi connectivity index (χ1v) is 7.85. The zero-order valence-electron chi connectivity index (χ0n) is 13.3. The van der Waals surface area contributed by atoms with Crippen LogP contribution in [0.4, 0.5) is 11.4 Å². The first-order chi connectivity index (χ1) is 12.5. The van der Waals surface area contributed by atoms with E-state index in [4.69, 9.17) is 16.0 Å². The van der Waals surface area contributed by atoms with Crippen LogP contribution in [0.1, 0.15) is 5.76 Å². The van der Waals surface area contributed by atoms with Gasteiger partial charge < -0.3 is 9.73 Å². The number of anilines is 1. The minimum atomic E-state index is -0.474. The lowest BCUT2D eigenvalue weighted by Crippen LogP contribution is -2.08. The number of amides is 1. The molecule has 3 rings (SSSR count). The number of para-hydroxylation sites is 1. The molecule has 2 heterocycles. The Bertz CT molecular complexity index is 997. The third kappa shape index (κ3) is 3.96. The van der Waals surface area contributed by atoms with Crippen molar-refractivity contribution in [2.45, 2.75) is 0 Å². The molecule has 0 spiro atoms. The van der Waals surface area contributed by atoms with Gasteiger partial charge in [-0.25, -0.2) is 4.98 Å². The third-order valence-electron chi connectivity index (χ3n) is 3.41. The topological polar surface area (TPSA) is 98.3 Å². The van der Waals surface area contributed by atoms with E-state index in [1.54, 1.807) is 42.5 Å². The molecule has 3 aromatic rings. The molecule has 1 N–H and O–H groups in total. The normalized spacial score (nSPS) is 10.8. The number of rotatable bonds is 5. The van der Waals surface area contributed by atoms with E-state index in [-0.39, 0.29) is 10.8 Å². The summed E-state index contributed by atoms with van der Waals surface area (Å²) < 4.78 is 5.58. The zero-order valence-corrected chi connectivity index (χ0v) is 14.0. The first-order valence-electron chi connectivity index (χ1n) is 7.48. The molecule has 8 heteroatoms. The zero-order chi connectivity index (χ0) is 18.5. The Kier molecular flexibility index (Phi) is 5.09. The van der Waals surface area contributed by atoms with Gasteiger partial charge in [-0.2, -0.15) is 0 Å². The molecule has 130 valence electrons. The van der Waals surface area contributed by atoms with Gasteiger partial charge in [-0.1, -0.05) is 23.7 Å². The number of nitrogens with zero attached hydrogens (tertiary/aromatic N) is 2. The van der Waals surface area contributed by atoms with Gasteiger partial charge in [0.2, 0.25) is 5.91 Å². The van der Waals surface area contributed by atoms with Gasteiger partial charge in [0.25, 0.3) is 5.69 Å². The van der Waals surface area contributed by atoms with Gasteiger partial charge >= 0.3 is 0 Å². The fourth-order valence-corrected chi connectivity index (χ4v) is 2.41. The van der Waals surface area contributed by atoms with Gasteiger partial charge in [0, 0.05) is 18.3 Å². The molecule has 0 fully saturated rings. The maximum Gasteiger partial charge on any atom is 0.280 e. The van der Waals surface area contributed by atoms with Crippen LogP contribution in [0.3, 0.4) is 0 Å². The fraction of sp³-hybridized carbons (Fsp3) is 0. The number of pyridine rings is 1. The van der Waals surface area contributed by atoms with Crippen molar-refractivity contribution in [1.82, 2.24) is 4.98 Å². The van der Waals surface area contributed by atoms with Crippen molar-refractivity contribution in [1.29, 1.82) is 0 Å². The van der Waals surface area contributed by atoms with E-state index < -0.39 is 10.8 Å². The number of nitro benzene ring substituents is 1. The van der Waals surface area contributed by atoms with Gasteiger partial charge in [-0.05, 0) is 36.4 Å². The Morgan fingerprint density at radius 1 is 1.19 bits per heavy atom. The summed E-state index contributed by atoms with van der Waals surface area (Å²) in [6.07, 6.45) is 4.24. The molecule has 0 bridgehead atoms. The highest BCUT2D eigenvalue weighted by atomic mass is 35.5. The van der Waals surface area contributed by atoms with Crippen LogP contribution < -0.4 is 5.32 Å². The maximum absolute atomic E-state index is 11.9. The van der Waals surface area contributed by atoms with Gasteiger partial charge in [0.1, 0.15) is 11.5 Å². The first kappa shape index (κ1) is 17.4. The number of halogens is 1. The number of carbonyl (C=O) groups excluding carboxylic acids is 1.